The molecule has 2 amide bonds. The number of hydrogen-bond acceptors (Lipinski definition) is 4. The second-order valence-electron chi connectivity index (χ2n) is 6.18. The van der Waals surface area contributed by atoms with Gasteiger partial charge in [0.05, 0.1) is 12.2 Å². The third-order valence-electron chi connectivity index (χ3n) is 2.91. The highest BCUT2D eigenvalue weighted by molar-refractivity contribution is 5.87. The summed E-state index contributed by atoms with van der Waals surface area (Å²) in [6.07, 6.45) is -5.74. The highest BCUT2D eigenvalue weighted by Crippen LogP contribution is 2.34. The molecule has 0 fully saturated rings. The molecule has 0 aliphatic carbocycles. The lowest BCUT2D eigenvalue weighted by molar-refractivity contribution is -0.138. The average Bonchev–Trinajstić information content (AvgIpc) is 2.47. The number of ether oxygens (including phenoxy) is 1. The van der Waals surface area contributed by atoms with Crippen molar-refractivity contribution in [2.24, 2.45) is 0 Å². The number of carbonyl (C=O) groups is 2. The molecule has 0 aromatic heterocycles. The summed E-state index contributed by atoms with van der Waals surface area (Å²) in [4.78, 5) is 24.2. The maximum absolute atomic E-state index is 13.2. The summed E-state index contributed by atoms with van der Waals surface area (Å²) < 4.78 is 44.7. The van der Waals surface area contributed by atoms with Crippen LogP contribution in [0.2, 0.25) is 0 Å². The second-order valence-corrected chi connectivity index (χ2v) is 6.18. The first-order chi connectivity index (χ1) is 11.5. The Morgan fingerprint density at radius 1 is 1.20 bits per heavy atom. The lowest BCUT2D eigenvalue weighted by atomic mass is 9.99. The molecule has 1 rings (SSSR count). The van der Waals surface area contributed by atoms with Crippen molar-refractivity contribution in [3.63, 3.8) is 0 Å². The monoisotopic (exact) mass is 362 g/mol. The number of benzene rings is 1. The molecule has 1 aromatic carbocycles. The number of alkyl halides is 3. The average molecular weight is 362 g/mol. The molecule has 140 valence electrons. The van der Waals surface area contributed by atoms with Gasteiger partial charge in [-0.3, -0.25) is 4.79 Å². The summed E-state index contributed by atoms with van der Waals surface area (Å²) in [6, 6.07) is 2.80. The molecule has 0 bridgehead atoms. The predicted octanol–water partition coefficient (Wildman–Crippen LogP) is 2.38. The summed E-state index contributed by atoms with van der Waals surface area (Å²) >= 11 is 0. The summed E-state index contributed by atoms with van der Waals surface area (Å²) in [5, 5.41) is 13.2. The van der Waals surface area contributed by atoms with Crippen molar-refractivity contribution < 1.29 is 32.6 Å². The molecule has 0 heterocycles. The molecule has 0 radical (unpaired) electrons. The number of rotatable bonds is 5. The Kier molecular flexibility index (Phi) is 6.80. The van der Waals surface area contributed by atoms with Gasteiger partial charge in [0.25, 0.3) is 0 Å². The van der Waals surface area contributed by atoms with Gasteiger partial charge in [-0.25, -0.2) is 4.79 Å². The smallest absolute Gasteiger partial charge is 0.416 e. The molecule has 1 atom stereocenters. The molecule has 6 nitrogen and oxygen atoms in total. The van der Waals surface area contributed by atoms with Crippen LogP contribution in [-0.4, -0.2) is 35.9 Å². The quantitative estimate of drug-likeness (QED) is 0.751. The van der Waals surface area contributed by atoms with E-state index in [4.69, 9.17) is 9.84 Å². The van der Waals surface area contributed by atoms with Gasteiger partial charge in [-0.1, -0.05) is 18.2 Å². The molecule has 9 heteroatoms. The van der Waals surface area contributed by atoms with E-state index in [2.05, 4.69) is 10.6 Å². The SMILES string of the molecule is CC(C)(C)OC(=O)NC(C(=O)NCCO)c1ccccc1C(F)(F)F. The summed E-state index contributed by atoms with van der Waals surface area (Å²) in [6.45, 7) is 4.18. The Hall–Kier alpha value is -2.29. The van der Waals surface area contributed by atoms with Gasteiger partial charge in [-0.05, 0) is 32.4 Å². The van der Waals surface area contributed by atoms with Crippen LogP contribution >= 0.6 is 0 Å². The van der Waals surface area contributed by atoms with Crippen molar-refractivity contribution in [2.45, 2.75) is 38.6 Å². The minimum Gasteiger partial charge on any atom is -0.444 e. The normalized spacial score (nSPS) is 13.1. The summed E-state index contributed by atoms with van der Waals surface area (Å²) in [5.41, 5.74) is -2.36. The Bertz CT molecular complexity index is 612. The van der Waals surface area contributed by atoms with Gasteiger partial charge in [0.1, 0.15) is 11.6 Å². The van der Waals surface area contributed by atoms with E-state index >= 15 is 0 Å². The molecule has 0 saturated heterocycles. The zero-order valence-corrected chi connectivity index (χ0v) is 14.1. The van der Waals surface area contributed by atoms with Gasteiger partial charge in [-0.2, -0.15) is 13.2 Å². The van der Waals surface area contributed by atoms with Gasteiger partial charge in [-0.15, -0.1) is 0 Å². The molecule has 0 saturated carbocycles. The summed E-state index contributed by atoms with van der Waals surface area (Å²) in [7, 11) is 0. The van der Waals surface area contributed by atoms with Gasteiger partial charge in [0.15, 0.2) is 0 Å². The van der Waals surface area contributed by atoms with Crippen LogP contribution in [0.4, 0.5) is 18.0 Å². The van der Waals surface area contributed by atoms with Crippen LogP contribution in [0.15, 0.2) is 24.3 Å². The lowest BCUT2D eigenvalue weighted by Crippen LogP contribution is -2.43. The van der Waals surface area contributed by atoms with E-state index in [0.29, 0.717) is 0 Å². The molecule has 25 heavy (non-hydrogen) atoms. The third kappa shape index (κ3) is 6.61. The van der Waals surface area contributed by atoms with Crippen molar-refractivity contribution in [3.8, 4) is 0 Å². The van der Waals surface area contributed by atoms with E-state index in [1.54, 1.807) is 20.8 Å². The first-order valence-electron chi connectivity index (χ1n) is 7.50. The molecule has 3 N–H and O–H groups in total. The Morgan fingerprint density at radius 3 is 2.32 bits per heavy atom. The first kappa shape index (κ1) is 20.8. The molecule has 1 aromatic rings. The topological polar surface area (TPSA) is 87.7 Å². The van der Waals surface area contributed by atoms with Gasteiger partial charge >= 0.3 is 12.3 Å². The first-order valence-corrected chi connectivity index (χ1v) is 7.50. The number of halogens is 3. The summed E-state index contributed by atoms with van der Waals surface area (Å²) in [5.74, 6) is -0.892. The molecule has 0 spiro atoms. The van der Waals surface area contributed by atoms with Crippen molar-refractivity contribution >= 4 is 12.0 Å². The fourth-order valence-corrected chi connectivity index (χ4v) is 2.00. The van der Waals surface area contributed by atoms with Gasteiger partial charge < -0.3 is 20.5 Å². The molecular formula is C16H21F3N2O4. The zero-order valence-electron chi connectivity index (χ0n) is 14.1. The van der Waals surface area contributed by atoms with Crippen LogP contribution in [0.5, 0.6) is 0 Å². The molecule has 1 unspecified atom stereocenters. The zero-order chi connectivity index (χ0) is 19.3. The van der Waals surface area contributed by atoms with Crippen molar-refractivity contribution in [2.75, 3.05) is 13.2 Å². The Balaban J connectivity index is 3.20. The van der Waals surface area contributed by atoms with E-state index in [-0.39, 0.29) is 6.54 Å². The fraction of sp³-hybridized carbons (Fsp3) is 0.500. The van der Waals surface area contributed by atoms with Crippen molar-refractivity contribution in [1.29, 1.82) is 0 Å². The number of aliphatic hydroxyl groups excluding tert-OH is 1. The number of aliphatic hydroxyl groups is 1. The van der Waals surface area contributed by atoms with E-state index in [1.165, 1.54) is 12.1 Å². The van der Waals surface area contributed by atoms with Gasteiger partial charge in [0, 0.05) is 6.54 Å². The Labute approximate surface area is 143 Å². The number of amides is 2. The Morgan fingerprint density at radius 2 is 1.80 bits per heavy atom. The number of hydrogen-bond donors (Lipinski definition) is 3. The van der Waals surface area contributed by atoms with Gasteiger partial charge in [0.2, 0.25) is 5.91 Å². The maximum Gasteiger partial charge on any atom is 0.416 e. The maximum atomic E-state index is 13.2. The van der Waals surface area contributed by atoms with Crippen LogP contribution in [0.25, 0.3) is 0 Å². The minimum atomic E-state index is -4.71. The van der Waals surface area contributed by atoms with E-state index < -0.39 is 47.6 Å². The fourth-order valence-electron chi connectivity index (χ4n) is 2.00. The van der Waals surface area contributed by atoms with E-state index in [0.717, 1.165) is 12.1 Å². The van der Waals surface area contributed by atoms with Crippen molar-refractivity contribution in [3.05, 3.63) is 35.4 Å². The third-order valence-corrected chi connectivity index (χ3v) is 2.91. The standard InChI is InChI=1S/C16H21F3N2O4/c1-15(2,3)25-14(24)21-12(13(23)20-8-9-22)10-6-4-5-7-11(10)16(17,18)19/h4-7,12,22H,8-9H2,1-3H3,(H,20,23)(H,21,24). The highest BCUT2D eigenvalue weighted by Gasteiger charge is 2.37. The largest absolute Gasteiger partial charge is 0.444 e. The van der Waals surface area contributed by atoms with Crippen LogP contribution < -0.4 is 10.6 Å². The number of alkyl carbamates (subject to hydrolysis) is 1. The van der Waals surface area contributed by atoms with Crippen LogP contribution in [0, 0.1) is 0 Å². The minimum absolute atomic E-state index is 0.167. The predicted molar refractivity (Wildman–Crippen MR) is 83.7 cm³/mol. The lowest BCUT2D eigenvalue weighted by Gasteiger charge is -2.25. The van der Waals surface area contributed by atoms with Crippen LogP contribution in [-0.2, 0) is 15.7 Å². The molecule has 0 aliphatic rings. The van der Waals surface area contributed by atoms with E-state index in [9.17, 15) is 22.8 Å². The number of carbonyl (C=O) groups excluding carboxylic acids is 2. The van der Waals surface area contributed by atoms with E-state index in [1.807, 2.05) is 0 Å². The molecular weight excluding hydrogens is 341 g/mol. The number of nitrogens with one attached hydrogen (secondary N) is 2. The second kappa shape index (κ2) is 8.19. The molecule has 0 aliphatic heterocycles. The highest BCUT2D eigenvalue weighted by atomic mass is 19.4. The van der Waals surface area contributed by atoms with Crippen LogP contribution in [0.3, 0.4) is 0 Å². The van der Waals surface area contributed by atoms with Crippen LogP contribution in [0.1, 0.15) is 37.9 Å². The van der Waals surface area contributed by atoms with Crippen molar-refractivity contribution in [1.82, 2.24) is 10.6 Å².